The number of aryl methyl sites for hydroxylation is 1. The topological polar surface area (TPSA) is 63.3 Å². The van der Waals surface area contributed by atoms with Crippen molar-refractivity contribution in [2.24, 2.45) is 5.73 Å². The van der Waals surface area contributed by atoms with Crippen molar-refractivity contribution in [3.8, 4) is 0 Å². The van der Waals surface area contributed by atoms with E-state index in [1.807, 2.05) is 0 Å². The molecule has 0 aliphatic rings. The van der Waals surface area contributed by atoms with Crippen molar-refractivity contribution in [2.45, 2.75) is 26.3 Å². The third-order valence-corrected chi connectivity index (χ3v) is 2.51. The standard InChI is InChI=1S/C11H13F2NO2/c1-5-3-8(12)6(2)7(10(5)13)4-9(14)11(15)16/h3,9H,4,14H2,1-2H3,(H,15,16). The molecule has 0 saturated carbocycles. The van der Waals surface area contributed by atoms with Gasteiger partial charge in [-0.2, -0.15) is 0 Å². The zero-order chi connectivity index (χ0) is 12.5. The quantitative estimate of drug-likeness (QED) is 0.826. The first kappa shape index (κ1) is 12.6. The second kappa shape index (κ2) is 4.57. The molecule has 3 N–H and O–H groups in total. The first-order valence-electron chi connectivity index (χ1n) is 4.77. The highest BCUT2D eigenvalue weighted by molar-refractivity contribution is 5.73. The Morgan fingerprint density at radius 2 is 2.06 bits per heavy atom. The molecule has 0 spiro atoms. The van der Waals surface area contributed by atoms with Crippen LogP contribution < -0.4 is 5.73 Å². The van der Waals surface area contributed by atoms with E-state index in [4.69, 9.17) is 10.8 Å². The van der Waals surface area contributed by atoms with Crippen LogP contribution in [0.3, 0.4) is 0 Å². The molecule has 0 saturated heterocycles. The lowest BCUT2D eigenvalue weighted by Crippen LogP contribution is -2.33. The minimum absolute atomic E-state index is 0.0346. The number of carbonyl (C=O) groups is 1. The van der Waals surface area contributed by atoms with Gasteiger partial charge >= 0.3 is 5.97 Å². The van der Waals surface area contributed by atoms with Gasteiger partial charge in [0, 0.05) is 6.42 Å². The summed E-state index contributed by atoms with van der Waals surface area (Å²) in [5.74, 6) is -2.37. The predicted octanol–water partition coefficient (Wildman–Crippen LogP) is 1.54. The molecule has 0 aliphatic heterocycles. The fraction of sp³-hybridized carbons (Fsp3) is 0.364. The van der Waals surface area contributed by atoms with E-state index in [1.165, 1.54) is 13.8 Å². The van der Waals surface area contributed by atoms with Gasteiger partial charge in [-0.15, -0.1) is 0 Å². The van der Waals surface area contributed by atoms with E-state index in [9.17, 15) is 13.6 Å². The summed E-state index contributed by atoms with van der Waals surface area (Å²) in [4.78, 5) is 10.6. The lowest BCUT2D eigenvalue weighted by molar-refractivity contribution is -0.138. The van der Waals surface area contributed by atoms with Gasteiger partial charge in [-0.25, -0.2) is 8.78 Å². The number of rotatable bonds is 3. The summed E-state index contributed by atoms with van der Waals surface area (Å²) in [5, 5.41) is 8.62. The maximum absolute atomic E-state index is 13.7. The molecule has 0 amide bonds. The number of benzene rings is 1. The second-order valence-electron chi connectivity index (χ2n) is 3.74. The molecule has 0 aromatic heterocycles. The normalized spacial score (nSPS) is 12.6. The SMILES string of the molecule is Cc1cc(F)c(C)c(CC(N)C(=O)O)c1F. The summed E-state index contributed by atoms with van der Waals surface area (Å²) in [6, 6.07) is -0.144. The van der Waals surface area contributed by atoms with Crippen LogP contribution in [0, 0.1) is 25.5 Å². The van der Waals surface area contributed by atoms with E-state index in [1.54, 1.807) is 0 Å². The molecular formula is C11H13F2NO2. The molecule has 1 unspecified atom stereocenters. The highest BCUT2D eigenvalue weighted by Crippen LogP contribution is 2.21. The molecule has 0 heterocycles. The number of halogens is 2. The van der Waals surface area contributed by atoms with Crippen molar-refractivity contribution in [1.82, 2.24) is 0 Å². The van der Waals surface area contributed by atoms with Crippen LogP contribution in [0.25, 0.3) is 0 Å². The number of aliphatic carboxylic acids is 1. The van der Waals surface area contributed by atoms with Gasteiger partial charge in [0.15, 0.2) is 0 Å². The van der Waals surface area contributed by atoms with E-state index in [2.05, 4.69) is 0 Å². The zero-order valence-corrected chi connectivity index (χ0v) is 9.05. The van der Waals surface area contributed by atoms with Crippen LogP contribution in [0.2, 0.25) is 0 Å². The molecule has 1 aromatic rings. The molecule has 88 valence electrons. The summed E-state index contributed by atoms with van der Waals surface area (Å²) in [5.41, 5.74) is 5.59. The summed E-state index contributed by atoms with van der Waals surface area (Å²) in [6.07, 6.45) is -0.217. The molecule has 16 heavy (non-hydrogen) atoms. The molecular weight excluding hydrogens is 216 g/mol. The number of carboxylic acids is 1. The fourth-order valence-electron chi connectivity index (χ4n) is 1.46. The van der Waals surface area contributed by atoms with Gasteiger partial charge in [0.25, 0.3) is 0 Å². The largest absolute Gasteiger partial charge is 0.480 e. The lowest BCUT2D eigenvalue weighted by Gasteiger charge is -2.13. The Hall–Kier alpha value is -1.49. The number of nitrogens with two attached hydrogens (primary N) is 1. The summed E-state index contributed by atoms with van der Waals surface area (Å²) in [6.45, 7) is 2.83. The van der Waals surface area contributed by atoms with Crippen LogP contribution in [-0.4, -0.2) is 17.1 Å². The maximum Gasteiger partial charge on any atom is 0.320 e. The maximum atomic E-state index is 13.7. The van der Waals surface area contributed by atoms with E-state index in [-0.39, 0.29) is 23.1 Å². The van der Waals surface area contributed by atoms with Crippen molar-refractivity contribution in [2.75, 3.05) is 0 Å². The first-order valence-corrected chi connectivity index (χ1v) is 4.77. The zero-order valence-electron chi connectivity index (χ0n) is 9.05. The van der Waals surface area contributed by atoms with Crippen molar-refractivity contribution < 1.29 is 18.7 Å². The van der Waals surface area contributed by atoms with Crippen molar-refractivity contribution >= 4 is 5.97 Å². The van der Waals surface area contributed by atoms with Crippen LogP contribution in [0.5, 0.6) is 0 Å². The molecule has 5 heteroatoms. The average Bonchev–Trinajstić information content (AvgIpc) is 2.21. The Labute approximate surface area is 91.9 Å². The van der Waals surface area contributed by atoms with Gasteiger partial charge in [-0.3, -0.25) is 4.79 Å². The second-order valence-corrected chi connectivity index (χ2v) is 3.74. The summed E-state index contributed by atoms with van der Waals surface area (Å²) >= 11 is 0. The number of hydrogen-bond acceptors (Lipinski definition) is 2. The van der Waals surface area contributed by atoms with Crippen molar-refractivity contribution in [1.29, 1.82) is 0 Å². The smallest absolute Gasteiger partial charge is 0.320 e. The third kappa shape index (κ3) is 2.36. The summed E-state index contributed by atoms with van der Waals surface area (Å²) < 4.78 is 27.0. The Balaban J connectivity index is 3.17. The van der Waals surface area contributed by atoms with Crippen molar-refractivity contribution in [3.05, 3.63) is 34.4 Å². The Morgan fingerprint density at radius 3 is 2.56 bits per heavy atom. The van der Waals surface area contributed by atoms with Crippen LogP contribution in [0.4, 0.5) is 8.78 Å². The van der Waals surface area contributed by atoms with Crippen LogP contribution >= 0.6 is 0 Å². The molecule has 1 atom stereocenters. The molecule has 0 radical (unpaired) electrons. The van der Waals surface area contributed by atoms with E-state index < -0.39 is 23.6 Å². The van der Waals surface area contributed by atoms with Crippen molar-refractivity contribution in [3.63, 3.8) is 0 Å². The van der Waals surface area contributed by atoms with E-state index in [0.29, 0.717) is 0 Å². The third-order valence-electron chi connectivity index (χ3n) is 2.51. The Bertz CT molecular complexity index is 406. The molecule has 0 fully saturated rings. The first-order chi connectivity index (χ1) is 7.34. The minimum atomic E-state index is -1.24. The molecule has 1 rings (SSSR count). The highest BCUT2D eigenvalue weighted by Gasteiger charge is 2.19. The van der Waals surface area contributed by atoms with Gasteiger partial charge in [0.2, 0.25) is 0 Å². The van der Waals surface area contributed by atoms with Gasteiger partial charge < -0.3 is 10.8 Å². The molecule has 1 aromatic carbocycles. The predicted molar refractivity (Wildman–Crippen MR) is 55.1 cm³/mol. The average molecular weight is 229 g/mol. The van der Waals surface area contributed by atoms with E-state index >= 15 is 0 Å². The van der Waals surface area contributed by atoms with Gasteiger partial charge in [0.1, 0.15) is 17.7 Å². The number of hydrogen-bond donors (Lipinski definition) is 2. The van der Waals surface area contributed by atoms with Gasteiger partial charge in [-0.05, 0) is 36.6 Å². The van der Waals surface area contributed by atoms with Gasteiger partial charge in [0.05, 0.1) is 0 Å². The fourth-order valence-corrected chi connectivity index (χ4v) is 1.46. The Kier molecular flexibility index (Phi) is 3.59. The van der Waals surface area contributed by atoms with Crippen LogP contribution in [-0.2, 0) is 11.2 Å². The van der Waals surface area contributed by atoms with Gasteiger partial charge in [-0.1, -0.05) is 0 Å². The minimum Gasteiger partial charge on any atom is -0.480 e. The number of carboxylic acid groups (broad SMARTS) is 1. The van der Waals surface area contributed by atoms with Crippen LogP contribution in [0.1, 0.15) is 16.7 Å². The monoisotopic (exact) mass is 229 g/mol. The Morgan fingerprint density at radius 1 is 1.50 bits per heavy atom. The molecule has 0 bridgehead atoms. The highest BCUT2D eigenvalue weighted by atomic mass is 19.1. The lowest BCUT2D eigenvalue weighted by atomic mass is 9.98. The molecule has 0 aliphatic carbocycles. The van der Waals surface area contributed by atoms with Crippen LogP contribution in [0.15, 0.2) is 6.07 Å². The van der Waals surface area contributed by atoms with E-state index in [0.717, 1.165) is 6.07 Å². The molecule has 3 nitrogen and oxygen atoms in total. The summed E-state index contributed by atoms with van der Waals surface area (Å²) in [7, 11) is 0.